The SMILES string of the molecule is CCC1OCCC1C(Cl)c1cc(C)c(Br)cc1C. The van der Waals surface area contributed by atoms with Gasteiger partial charge in [0, 0.05) is 17.0 Å². The third kappa shape index (κ3) is 2.76. The van der Waals surface area contributed by atoms with E-state index in [9.17, 15) is 0 Å². The van der Waals surface area contributed by atoms with Gasteiger partial charge < -0.3 is 4.74 Å². The number of rotatable bonds is 3. The fourth-order valence-electron chi connectivity index (χ4n) is 2.75. The van der Waals surface area contributed by atoms with Gasteiger partial charge in [0.15, 0.2) is 0 Å². The molecule has 3 atom stereocenters. The second-order valence-electron chi connectivity index (χ2n) is 5.13. The van der Waals surface area contributed by atoms with E-state index in [1.807, 2.05) is 0 Å². The van der Waals surface area contributed by atoms with Crippen LogP contribution in [0.2, 0.25) is 0 Å². The lowest BCUT2D eigenvalue weighted by atomic mass is 9.89. The summed E-state index contributed by atoms with van der Waals surface area (Å²) < 4.78 is 6.91. The van der Waals surface area contributed by atoms with Gasteiger partial charge in [-0.2, -0.15) is 0 Å². The molecule has 0 radical (unpaired) electrons. The molecule has 1 aliphatic rings. The van der Waals surface area contributed by atoms with Gasteiger partial charge >= 0.3 is 0 Å². The van der Waals surface area contributed by atoms with E-state index in [0.717, 1.165) is 23.9 Å². The summed E-state index contributed by atoms with van der Waals surface area (Å²) in [5.41, 5.74) is 3.76. The molecule has 0 N–H and O–H groups in total. The van der Waals surface area contributed by atoms with Crippen LogP contribution < -0.4 is 0 Å². The molecule has 18 heavy (non-hydrogen) atoms. The molecular weight excluding hydrogens is 312 g/mol. The minimum absolute atomic E-state index is 0.0595. The average molecular weight is 332 g/mol. The van der Waals surface area contributed by atoms with Crippen LogP contribution >= 0.6 is 27.5 Å². The molecule has 1 aromatic rings. The summed E-state index contributed by atoms with van der Waals surface area (Å²) in [6, 6.07) is 4.37. The Hall–Kier alpha value is -0.0500. The Bertz CT molecular complexity index is 433. The molecular formula is C15H20BrClO. The van der Waals surface area contributed by atoms with Crippen molar-refractivity contribution in [1.82, 2.24) is 0 Å². The van der Waals surface area contributed by atoms with Crippen molar-refractivity contribution in [2.24, 2.45) is 5.92 Å². The quantitative estimate of drug-likeness (QED) is 0.695. The maximum atomic E-state index is 6.72. The first-order valence-electron chi connectivity index (χ1n) is 6.57. The first kappa shape index (κ1) is 14.4. The van der Waals surface area contributed by atoms with Gasteiger partial charge in [-0.05, 0) is 49.4 Å². The van der Waals surface area contributed by atoms with Crippen LogP contribution in [0.1, 0.15) is 41.8 Å². The zero-order chi connectivity index (χ0) is 13.3. The van der Waals surface area contributed by atoms with Crippen molar-refractivity contribution in [2.45, 2.75) is 45.1 Å². The number of alkyl halides is 1. The molecule has 3 unspecified atom stereocenters. The van der Waals surface area contributed by atoms with Crippen molar-refractivity contribution in [2.75, 3.05) is 6.61 Å². The van der Waals surface area contributed by atoms with Crippen LogP contribution in [0.15, 0.2) is 16.6 Å². The molecule has 1 heterocycles. The van der Waals surface area contributed by atoms with Crippen molar-refractivity contribution >= 4 is 27.5 Å². The van der Waals surface area contributed by atoms with Crippen LogP contribution in [-0.4, -0.2) is 12.7 Å². The van der Waals surface area contributed by atoms with Crippen molar-refractivity contribution in [1.29, 1.82) is 0 Å². The normalized spacial score (nSPS) is 25.4. The maximum absolute atomic E-state index is 6.72. The number of hydrogen-bond donors (Lipinski definition) is 0. The van der Waals surface area contributed by atoms with Crippen molar-refractivity contribution in [3.05, 3.63) is 33.3 Å². The Morgan fingerprint density at radius 1 is 1.39 bits per heavy atom. The number of halogens is 2. The van der Waals surface area contributed by atoms with Gasteiger partial charge in [0.05, 0.1) is 11.5 Å². The Labute approximate surface area is 123 Å². The molecule has 0 spiro atoms. The molecule has 1 aromatic carbocycles. The van der Waals surface area contributed by atoms with Crippen molar-refractivity contribution in [3.8, 4) is 0 Å². The zero-order valence-electron chi connectivity index (χ0n) is 11.2. The molecule has 1 nitrogen and oxygen atoms in total. The van der Waals surface area contributed by atoms with Gasteiger partial charge in [-0.3, -0.25) is 0 Å². The van der Waals surface area contributed by atoms with Gasteiger partial charge in [-0.15, -0.1) is 11.6 Å². The molecule has 1 aliphatic heterocycles. The Kier molecular flexibility index (Phi) is 4.74. The number of hydrogen-bond acceptors (Lipinski definition) is 1. The zero-order valence-corrected chi connectivity index (χ0v) is 13.5. The maximum Gasteiger partial charge on any atom is 0.0641 e. The summed E-state index contributed by atoms with van der Waals surface area (Å²) in [5.74, 6) is 0.441. The van der Waals surface area contributed by atoms with E-state index in [1.165, 1.54) is 16.7 Å². The van der Waals surface area contributed by atoms with Gasteiger partial charge in [-0.25, -0.2) is 0 Å². The van der Waals surface area contributed by atoms with Crippen molar-refractivity contribution < 1.29 is 4.74 Å². The highest BCUT2D eigenvalue weighted by atomic mass is 79.9. The van der Waals surface area contributed by atoms with E-state index in [2.05, 4.69) is 48.8 Å². The summed E-state index contributed by atoms with van der Waals surface area (Å²) in [4.78, 5) is 0. The lowest BCUT2D eigenvalue weighted by molar-refractivity contribution is 0.0864. The molecule has 3 heteroatoms. The van der Waals surface area contributed by atoms with Gasteiger partial charge in [0.2, 0.25) is 0 Å². The molecule has 1 fully saturated rings. The molecule has 1 saturated heterocycles. The fourth-order valence-corrected chi connectivity index (χ4v) is 3.73. The lowest BCUT2D eigenvalue weighted by Crippen LogP contribution is -2.19. The van der Waals surface area contributed by atoms with E-state index in [0.29, 0.717) is 12.0 Å². The van der Waals surface area contributed by atoms with Crippen LogP contribution in [0, 0.1) is 19.8 Å². The number of ether oxygens (including phenoxy) is 1. The number of benzene rings is 1. The highest BCUT2D eigenvalue weighted by molar-refractivity contribution is 9.10. The standard InChI is InChI=1S/C15H20BrClO/c1-4-14-11(5-6-18-14)15(17)12-7-10(3)13(16)8-9(12)2/h7-8,11,14-15H,4-6H2,1-3H3. The molecule has 0 bridgehead atoms. The lowest BCUT2D eigenvalue weighted by Gasteiger charge is -2.24. The molecule has 0 aliphatic carbocycles. The first-order valence-corrected chi connectivity index (χ1v) is 7.79. The fraction of sp³-hybridized carbons (Fsp3) is 0.600. The topological polar surface area (TPSA) is 9.23 Å². The van der Waals surface area contributed by atoms with E-state index < -0.39 is 0 Å². The minimum Gasteiger partial charge on any atom is -0.378 e. The summed E-state index contributed by atoms with van der Waals surface area (Å²) in [6.45, 7) is 7.26. The molecule has 0 amide bonds. The smallest absolute Gasteiger partial charge is 0.0641 e. The highest BCUT2D eigenvalue weighted by Gasteiger charge is 2.34. The van der Waals surface area contributed by atoms with E-state index in [-0.39, 0.29) is 5.38 Å². The van der Waals surface area contributed by atoms with E-state index in [4.69, 9.17) is 16.3 Å². The van der Waals surface area contributed by atoms with E-state index >= 15 is 0 Å². The summed E-state index contributed by atoms with van der Waals surface area (Å²) in [5, 5.41) is 0.0595. The Morgan fingerprint density at radius 2 is 2.11 bits per heavy atom. The predicted octanol–water partition coefficient (Wildman–Crippen LogP) is 5.16. The van der Waals surface area contributed by atoms with Crippen LogP contribution in [0.3, 0.4) is 0 Å². The van der Waals surface area contributed by atoms with Gasteiger partial charge in [-0.1, -0.05) is 28.9 Å². The summed E-state index contributed by atoms with van der Waals surface area (Å²) in [6.07, 6.45) is 2.43. The van der Waals surface area contributed by atoms with E-state index in [1.54, 1.807) is 0 Å². The Balaban J connectivity index is 2.28. The largest absolute Gasteiger partial charge is 0.378 e. The Morgan fingerprint density at radius 3 is 2.78 bits per heavy atom. The van der Waals surface area contributed by atoms with Crippen LogP contribution in [0.5, 0.6) is 0 Å². The molecule has 0 saturated carbocycles. The molecule has 0 aromatic heterocycles. The third-order valence-electron chi connectivity index (χ3n) is 3.88. The predicted molar refractivity (Wildman–Crippen MR) is 80.3 cm³/mol. The third-order valence-corrected chi connectivity index (χ3v) is 5.30. The number of aryl methyl sites for hydroxylation is 2. The van der Waals surface area contributed by atoms with Gasteiger partial charge in [0.1, 0.15) is 0 Å². The van der Waals surface area contributed by atoms with Crippen LogP contribution in [0.25, 0.3) is 0 Å². The second kappa shape index (κ2) is 5.94. The molecule has 2 rings (SSSR count). The first-order chi connectivity index (χ1) is 8.54. The van der Waals surface area contributed by atoms with Gasteiger partial charge in [0.25, 0.3) is 0 Å². The monoisotopic (exact) mass is 330 g/mol. The van der Waals surface area contributed by atoms with Crippen molar-refractivity contribution in [3.63, 3.8) is 0 Å². The highest BCUT2D eigenvalue weighted by Crippen LogP contribution is 2.41. The van der Waals surface area contributed by atoms with Crippen LogP contribution in [0.4, 0.5) is 0 Å². The average Bonchev–Trinajstić information content (AvgIpc) is 2.81. The van der Waals surface area contributed by atoms with Crippen LogP contribution in [-0.2, 0) is 4.74 Å². The second-order valence-corrected chi connectivity index (χ2v) is 6.45. The minimum atomic E-state index is 0.0595. The summed E-state index contributed by atoms with van der Waals surface area (Å²) >= 11 is 10.3. The summed E-state index contributed by atoms with van der Waals surface area (Å²) in [7, 11) is 0. The molecule has 100 valence electrons.